The fourth-order valence-corrected chi connectivity index (χ4v) is 2.03. The van der Waals surface area contributed by atoms with Crippen LogP contribution in [-0.4, -0.2) is 19.7 Å². The van der Waals surface area contributed by atoms with Gasteiger partial charge in [0, 0.05) is 25.4 Å². The van der Waals surface area contributed by atoms with Crippen LogP contribution in [0.3, 0.4) is 0 Å². The highest BCUT2D eigenvalue weighted by atomic mass is 19.2. The molecule has 0 aliphatic carbocycles. The smallest absolute Gasteiger partial charge is 0.229 e. The quantitative estimate of drug-likeness (QED) is 0.751. The van der Waals surface area contributed by atoms with Gasteiger partial charge in [-0.2, -0.15) is 10.1 Å². The van der Waals surface area contributed by atoms with Crippen molar-refractivity contribution in [1.82, 2.24) is 19.7 Å². The number of aryl methyl sites for hydroxylation is 1. The van der Waals surface area contributed by atoms with Gasteiger partial charge in [0.25, 0.3) is 0 Å². The Morgan fingerprint density at radius 1 is 1.12 bits per heavy atom. The van der Waals surface area contributed by atoms with Crippen molar-refractivity contribution in [3.63, 3.8) is 0 Å². The number of hydrogen-bond donors (Lipinski definition) is 2. The lowest BCUT2D eigenvalue weighted by Gasteiger charge is -2.09. The Morgan fingerprint density at radius 2 is 1.96 bits per heavy atom. The van der Waals surface area contributed by atoms with Crippen molar-refractivity contribution >= 4 is 17.5 Å². The molecule has 2 aromatic heterocycles. The summed E-state index contributed by atoms with van der Waals surface area (Å²) in [6, 6.07) is 3.79. The molecule has 0 fully saturated rings. The molecule has 3 aromatic rings. The number of benzene rings is 1. The van der Waals surface area contributed by atoms with Crippen LogP contribution in [0.4, 0.5) is 30.6 Å². The molecule has 0 atom stereocenters. The molecule has 0 aliphatic heterocycles. The second-order valence-electron chi connectivity index (χ2n) is 4.98. The van der Waals surface area contributed by atoms with Crippen LogP contribution in [0.5, 0.6) is 0 Å². The van der Waals surface area contributed by atoms with Crippen molar-refractivity contribution < 1.29 is 13.2 Å². The molecule has 0 saturated carbocycles. The van der Waals surface area contributed by atoms with Crippen molar-refractivity contribution in [3.8, 4) is 0 Å². The van der Waals surface area contributed by atoms with Gasteiger partial charge in [-0.15, -0.1) is 0 Å². The standard InChI is InChI=1S/C15H13F3N6/c1-24-8-10(6-21-24)22-15-20-7-12(17)14(23-15)19-5-9-3-2-4-11(16)13(9)18/h2-4,6-8H,5H2,1H3,(H2,19,20,22,23). The normalized spacial score (nSPS) is 10.7. The Hall–Kier alpha value is -3.10. The summed E-state index contributed by atoms with van der Waals surface area (Å²) in [6.07, 6.45) is 4.24. The van der Waals surface area contributed by atoms with Gasteiger partial charge < -0.3 is 10.6 Å². The number of rotatable bonds is 5. The van der Waals surface area contributed by atoms with Crippen molar-refractivity contribution in [2.24, 2.45) is 7.05 Å². The zero-order chi connectivity index (χ0) is 17.1. The van der Waals surface area contributed by atoms with Crippen LogP contribution >= 0.6 is 0 Å². The molecule has 0 aliphatic rings. The van der Waals surface area contributed by atoms with Crippen LogP contribution in [0, 0.1) is 17.5 Å². The van der Waals surface area contributed by atoms with E-state index in [2.05, 4.69) is 25.7 Å². The SMILES string of the molecule is Cn1cc(Nc2ncc(F)c(NCc3cccc(F)c3F)n2)cn1. The van der Waals surface area contributed by atoms with Crippen LogP contribution in [0.25, 0.3) is 0 Å². The fraction of sp³-hybridized carbons (Fsp3) is 0.133. The number of halogens is 3. The zero-order valence-corrected chi connectivity index (χ0v) is 12.6. The van der Waals surface area contributed by atoms with Crippen LogP contribution in [-0.2, 0) is 13.6 Å². The van der Waals surface area contributed by atoms with E-state index in [0.717, 1.165) is 12.3 Å². The molecule has 24 heavy (non-hydrogen) atoms. The second kappa shape index (κ2) is 6.57. The highest BCUT2D eigenvalue weighted by Crippen LogP contribution is 2.18. The van der Waals surface area contributed by atoms with Crippen molar-refractivity contribution in [2.75, 3.05) is 10.6 Å². The van der Waals surface area contributed by atoms with Crippen LogP contribution in [0.2, 0.25) is 0 Å². The molecule has 0 radical (unpaired) electrons. The summed E-state index contributed by atoms with van der Waals surface area (Å²) >= 11 is 0. The lowest BCUT2D eigenvalue weighted by Crippen LogP contribution is -2.08. The van der Waals surface area contributed by atoms with E-state index >= 15 is 0 Å². The molecule has 1 aromatic carbocycles. The first kappa shape index (κ1) is 15.8. The lowest BCUT2D eigenvalue weighted by molar-refractivity contribution is 0.500. The molecule has 2 N–H and O–H groups in total. The number of nitrogens with zero attached hydrogens (tertiary/aromatic N) is 4. The molecule has 6 nitrogen and oxygen atoms in total. The molecule has 0 bridgehead atoms. The largest absolute Gasteiger partial charge is 0.363 e. The van der Waals surface area contributed by atoms with E-state index in [4.69, 9.17) is 0 Å². The summed E-state index contributed by atoms with van der Waals surface area (Å²) in [6.45, 7) is -0.121. The summed E-state index contributed by atoms with van der Waals surface area (Å²) in [5.74, 6) is -2.63. The van der Waals surface area contributed by atoms with E-state index in [0.29, 0.717) is 5.69 Å². The van der Waals surface area contributed by atoms with E-state index in [-0.39, 0.29) is 23.9 Å². The number of nitrogens with one attached hydrogen (secondary N) is 2. The molecule has 0 amide bonds. The van der Waals surface area contributed by atoms with Crippen LogP contribution in [0.15, 0.2) is 36.8 Å². The maximum Gasteiger partial charge on any atom is 0.229 e. The monoisotopic (exact) mass is 334 g/mol. The molecule has 3 rings (SSSR count). The highest BCUT2D eigenvalue weighted by Gasteiger charge is 2.11. The van der Waals surface area contributed by atoms with Gasteiger partial charge in [-0.1, -0.05) is 12.1 Å². The number of aromatic nitrogens is 4. The van der Waals surface area contributed by atoms with Gasteiger partial charge in [0.2, 0.25) is 5.95 Å². The topological polar surface area (TPSA) is 67.7 Å². The van der Waals surface area contributed by atoms with Gasteiger partial charge >= 0.3 is 0 Å². The Bertz CT molecular complexity index is 864. The minimum Gasteiger partial charge on any atom is -0.363 e. The first-order valence-electron chi connectivity index (χ1n) is 6.98. The maximum atomic E-state index is 13.8. The van der Waals surface area contributed by atoms with Gasteiger partial charge in [-0.05, 0) is 6.07 Å². The summed E-state index contributed by atoms with van der Waals surface area (Å²) in [4.78, 5) is 7.80. The van der Waals surface area contributed by atoms with Crippen LogP contribution in [0.1, 0.15) is 5.56 Å². The summed E-state index contributed by atoms with van der Waals surface area (Å²) in [7, 11) is 1.75. The first-order valence-corrected chi connectivity index (χ1v) is 6.98. The number of hydrogen-bond acceptors (Lipinski definition) is 5. The minimum absolute atomic E-state index is 0.0646. The Labute approximate surface area is 135 Å². The molecule has 0 spiro atoms. The van der Waals surface area contributed by atoms with Gasteiger partial charge in [-0.3, -0.25) is 4.68 Å². The Kier molecular flexibility index (Phi) is 4.32. The van der Waals surface area contributed by atoms with E-state index in [1.165, 1.54) is 12.1 Å². The van der Waals surface area contributed by atoms with Gasteiger partial charge in [0.1, 0.15) is 0 Å². The third kappa shape index (κ3) is 3.45. The van der Waals surface area contributed by atoms with Crippen molar-refractivity contribution in [2.45, 2.75) is 6.54 Å². The first-order chi connectivity index (χ1) is 11.5. The van der Waals surface area contributed by atoms with E-state index in [1.54, 1.807) is 24.1 Å². The Morgan fingerprint density at radius 3 is 2.71 bits per heavy atom. The third-order valence-electron chi connectivity index (χ3n) is 3.18. The molecule has 0 saturated heterocycles. The molecular formula is C15H13F3N6. The maximum absolute atomic E-state index is 13.8. The van der Waals surface area contributed by atoms with E-state index in [9.17, 15) is 13.2 Å². The van der Waals surface area contributed by atoms with E-state index in [1.807, 2.05) is 0 Å². The van der Waals surface area contributed by atoms with E-state index < -0.39 is 17.5 Å². The molecule has 9 heteroatoms. The summed E-state index contributed by atoms with van der Waals surface area (Å²) in [5, 5.41) is 9.48. The lowest BCUT2D eigenvalue weighted by atomic mass is 10.2. The van der Waals surface area contributed by atoms with Crippen molar-refractivity contribution in [1.29, 1.82) is 0 Å². The molecule has 2 heterocycles. The van der Waals surface area contributed by atoms with Crippen LogP contribution < -0.4 is 10.6 Å². The Balaban J connectivity index is 1.75. The second-order valence-corrected chi connectivity index (χ2v) is 4.98. The average molecular weight is 334 g/mol. The number of anilines is 3. The highest BCUT2D eigenvalue weighted by molar-refractivity contribution is 5.52. The molecule has 0 unspecified atom stereocenters. The summed E-state index contributed by atoms with van der Waals surface area (Å²) in [5.41, 5.74) is 0.695. The van der Waals surface area contributed by atoms with Gasteiger partial charge in [0.15, 0.2) is 23.3 Å². The minimum atomic E-state index is -0.979. The fourth-order valence-electron chi connectivity index (χ4n) is 2.03. The average Bonchev–Trinajstić information content (AvgIpc) is 2.96. The zero-order valence-electron chi connectivity index (χ0n) is 12.6. The van der Waals surface area contributed by atoms with Gasteiger partial charge in [-0.25, -0.2) is 18.2 Å². The summed E-state index contributed by atoms with van der Waals surface area (Å²) < 4.78 is 42.2. The predicted octanol–water partition coefficient (Wildman–Crippen LogP) is 2.98. The predicted molar refractivity (Wildman–Crippen MR) is 82.2 cm³/mol. The third-order valence-corrected chi connectivity index (χ3v) is 3.18. The van der Waals surface area contributed by atoms with Gasteiger partial charge in [0.05, 0.1) is 18.1 Å². The molecule has 124 valence electrons. The molecular weight excluding hydrogens is 321 g/mol. The van der Waals surface area contributed by atoms with Crippen molar-refractivity contribution in [3.05, 3.63) is 59.8 Å².